The van der Waals surface area contributed by atoms with E-state index in [1.54, 1.807) is 11.5 Å². The van der Waals surface area contributed by atoms with E-state index in [4.69, 9.17) is 9.72 Å². The molecule has 0 spiro atoms. The molecule has 1 saturated heterocycles. The van der Waals surface area contributed by atoms with Crippen LogP contribution in [0.1, 0.15) is 18.5 Å². The number of nitrogens with one attached hydrogen (secondary N) is 2. The quantitative estimate of drug-likeness (QED) is 0.535. The van der Waals surface area contributed by atoms with Gasteiger partial charge in [-0.3, -0.25) is 4.79 Å². The van der Waals surface area contributed by atoms with E-state index in [2.05, 4.69) is 20.6 Å². The van der Waals surface area contributed by atoms with Crippen LogP contribution in [0.5, 0.6) is 5.88 Å². The summed E-state index contributed by atoms with van der Waals surface area (Å²) in [6.45, 7) is 3.86. The molecule has 4 aromatic heterocycles. The van der Waals surface area contributed by atoms with Crippen molar-refractivity contribution in [2.24, 2.45) is 0 Å². The molecule has 9 heteroatoms. The molecule has 0 aromatic carbocycles. The Morgan fingerprint density at radius 3 is 2.77 bits per heavy atom. The molecular formula is C21H23N7O2. The van der Waals surface area contributed by atoms with Crippen molar-refractivity contribution in [3.05, 3.63) is 52.7 Å². The van der Waals surface area contributed by atoms with Crippen LogP contribution >= 0.6 is 0 Å². The third-order valence-corrected chi connectivity index (χ3v) is 5.36. The number of piperidine rings is 1. The average molecular weight is 405 g/mol. The minimum Gasteiger partial charge on any atom is -0.478 e. The molecule has 1 aliphatic rings. The first-order chi connectivity index (χ1) is 14.6. The van der Waals surface area contributed by atoms with Gasteiger partial charge in [0, 0.05) is 24.5 Å². The van der Waals surface area contributed by atoms with Crippen LogP contribution in [-0.2, 0) is 0 Å². The first-order valence-electron chi connectivity index (χ1n) is 10.0. The fourth-order valence-electron chi connectivity index (χ4n) is 3.93. The molecule has 0 amide bonds. The van der Waals surface area contributed by atoms with E-state index in [-0.39, 0.29) is 5.56 Å². The molecular weight excluding hydrogens is 382 g/mol. The normalized spacial score (nSPS) is 15.0. The number of ether oxygens (including phenoxy) is 1. The number of methoxy groups -OCH3 is 1. The highest BCUT2D eigenvalue weighted by Crippen LogP contribution is 2.23. The topological polar surface area (TPSA) is 97.8 Å². The molecule has 0 saturated carbocycles. The number of rotatable bonds is 4. The van der Waals surface area contributed by atoms with Crippen molar-refractivity contribution in [1.29, 1.82) is 0 Å². The molecule has 5 heterocycles. The second kappa shape index (κ2) is 7.42. The van der Waals surface area contributed by atoms with Gasteiger partial charge in [-0.1, -0.05) is 6.07 Å². The molecule has 0 radical (unpaired) electrons. The number of fused-ring (bicyclic) bond motifs is 2. The largest absolute Gasteiger partial charge is 0.478 e. The van der Waals surface area contributed by atoms with E-state index in [0.29, 0.717) is 34.6 Å². The second-order valence-electron chi connectivity index (χ2n) is 7.50. The van der Waals surface area contributed by atoms with Crippen LogP contribution in [0.2, 0.25) is 0 Å². The summed E-state index contributed by atoms with van der Waals surface area (Å²) in [4.78, 5) is 26.7. The molecule has 9 nitrogen and oxygen atoms in total. The summed E-state index contributed by atoms with van der Waals surface area (Å²) < 4.78 is 8.86. The lowest BCUT2D eigenvalue weighted by atomic mass is 10.1. The fraction of sp³-hybridized carbons (Fsp3) is 0.333. The maximum Gasteiger partial charge on any atom is 0.260 e. The van der Waals surface area contributed by atoms with Crippen LogP contribution in [0.25, 0.3) is 22.7 Å². The summed E-state index contributed by atoms with van der Waals surface area (Å²) in [6, 6.07) is 7.50. The number of hydrogen-bond donors (Lipinski definition) is 2. The van der Waals surface area contributed by atoms with Crippen molar-refractivity contribution in [3.63, 3.8) is 0 Å². The first-order valence-corrected chi connectivity index (χ1v) is 10.0. The number of imidazole rings is 1. The van der Waals surface area contributed by atoms with E-state index in [9.17, 15) is 4.79 Å². The fourth-order valence-corrected chi connectivity index (χ4v) is 3.93. The summed E-state index contributed by atoms with van der Waals surface area (Å²) in [5.41, 5.74) is 2.93. The van der Waals surface area contributed by atoms with Gasteiger partial charge in [-0.05, 0) is 45.0 Å². The number of pyridine rings is 1. The Hall–Kier alpha value is -3.46. The lowest BCUT2D eigenvalue weighted by Gasteiger charge is -2.25. The molecule has 0 bridgehead atoms. The smallest absolute Gasteiger partial charge is 0.260 e. The minimum atomic E-state index is -0.158. The number of nitrogens with zero attached hydrogens (tertiary/aromatic N) is 5. The van der Waals surface area contributed by atoms with Crippen molar-refractivity contribution in [2.45, 2.75) is 25.8 Å². The van der Waals surface area contributed by atoms with E-state index in [1.165, 1.54) is 6.07 Å². The van der Waals surface area contributed by atoms with Gasteiger partial charge in [0.15, 0.2) is 0 Å². The van der Waals surface area contributed by atoms with Gasteiger partial charge in [-0.25, -0.2) is 19.4 Å². The lowest BCUT2D eigenvalue weighted by Crippen LogP contribution is -2.36. The Kier molecular flexibility index (Phi) is 4.59. The monoisotopic (exact) mass is 405 g/mol. The van der Waals surface area contributed by atoms with E-state index in [0.717, 1.165) is 37.4 Å². The number of aromatic nitrogens is 5. The van der Waals surface area contributed by atoms with Crippen LogP contribution in [0.3, 0.4) is 0 Å². The molecule has 30 heavy (non-hydrogen) atoms. The summed E-state index contributed by atoms with van der Waals surface area (Å²) in [5.74, 6) is 1.15. The standard InChI is InChI=1S/C21H23N7O2/c1-13-11-27-12-16(26-21(30-2)20(27)23-13)15-10-19(29)28-17(4-3-5-18(28)25-15)24-14-6-8-22-9-7-14/h3-5,10-12,14,22,24H,6-9H2,1-2H3. The predicted molar refractivity (Wildman–Crippen MR) is 114 cm³/mol. The maximum absolute atomic E-state index is 13.0. The summed E-state index contributed by atoms with van der Waals surface area (Å²) in [5, 5.41) is 6.86. The molecule has 0 aliphatic carbocycles. The number of hydrogen-bond acceptors (Lipinski definition) is 7. The molecule has 1 fully saturated rings. The van der Waals surface area contributed by atoms with E-state index in [1.807, 2.05) is 41.9 Å². The Labute approximate surface area is 172 Å². The van der Waals surface area contributed by atoms with E-state index < -0.39 is 0 Å². The summed E-state index contributed by atoms with van der Waals surface area (Å²) in [7, 11) is 1.55. The van der Waals surface area contributed by atoms with Crippen LogP contribution < -0.4 is 20.9 Å². The van der Waals surface area contributed by atoms with Gasteiger partial charge in [0.1, 0.15) is 17.2 Å². The molecule has 1 aliphatic heterocycles. The third kappa shape index (κ3) is 3.26. The molecule has 0 atom stereocenters. The second-order valence-corrected chi connectivity index (χ2v) is 7.50. The van der Waals surface area contributed by atoms with Crippen molar-refractivity contribution in [2.75, 3.05) is 25.5 Å². The summed E-state index contributed by atoms with van der Waals surface area (Å²) >= 11 is 0. The van der Waals surface area contributed by atoms with Gasteiger partial charge >= 0.3 is 0 Å². The first kappa shape index (κ1) is 18.6. The highest BCUT2D eigenvalue weighted by molar-refractivity contribution is 5.63. The molecule has 0 unspecified atom stereocenters. The zero-order valence-electron chi connectivity index (χ0n) is 16.9. The predicted octanol–water partition coefficient (Wildman–Crippen LogP) is 1.89. The van der Waals surface area contributed by atoms with Crippen LogP contribution in [0.4, 0.5) is 5.82 Å². The van der Waals surface area contributed by atoms with Gasteiger partial charge in [0.25, 0.3) is 11.4 Å². The van der Waals surface area contributed by atoms with E-state index >= 15 is 0 Å². The third-order valence-electron chi connectivity index (χ3n) is 5.36. The van der Waals surface area contributed by atoms with Gasteiger partial charge in [0.05, 0.1) is 18.5 Å². The number of aryl methyl sites for hydroxylation is 1. The van der Waals surface area contributed by atoms with Crippen molar-refractivity contribution >= 4 is 17.1 Å². The Morgan fingerprint density at radius 2 is 1.97 bits per heavy atom. The van der Waals surface area contributed by atoms with Gasteiger partial charge in [0.2, 0.25) is 5.65 Å². The maximum atomic E-state index is 13.0. The summed E-state index contributed by atoms with van der Waals surface area (Å²) in [6.07, 6.45) is 5.74. The Morgan fingerprint density at radius 1 is 1.13 bits per heavy atom. The van der Waals surface area contributed by atoms with Crippen molar-refractivity contribution in [3.8, 4) is 17.3 Å². The highest BCUT2D eigenvalue weighted by atomic mass is 16.5. The zero-order valence-corrected chi connectivity index (χ0v) is 16.9. The Balaban J connectivity index is 1.60. The molecule has 4 aromatic rings. The van der Waals surface area contributed by atoms with Gasteiger partial charge < -0.3 is 19.8 Å². The zero-order chi connectivity index (χ0) is 20.7. The van der Waals surface area contributed by atoms with Crippen LogP contribution in [0.15, 0.2) is 41.5 Å². The molecule has 2 N–H and O–H groups in total. The molecule has 154 valence electrons. The van der Waals surface area contributed by atoms with Crippen molar-refractivity contribution in [1.82, 2.24) is 29.1 Å². The number of anilines is 1. The van der Waals surface area contributed by atoms with Gasteiger partial charge in [-0.15, -0.1) is 0 Å². The van der Waals surface area contributed by atoms with Gasteiger partial charge in [-0.2, -0.15) is 0 Å². The lowest BCUT2D eigenvalue weighted by molar-refractivity contribution is 0.400. The SMILES string of the molecule is COc1nc(-c2cc(=O)n3c(NC4CCNCC4)cccc3n2)cn2cc(C)nc12. The minimum absolute atomic E-state index is 0.158. The highest BCUT2D eigenvalue weighted by Gasteiger charge is 2.16. The average Bonchev–Trinajstić information content (AvgIpc) is 3.13. The molecule has 5 rings (SSSR count). The van der Waals surface area contributed by atoms with Crippen LogP contribution in [-0.4, -0.2) is 50.0 Å². The Bertz CT molecular complexity index is 1290. The van der Waals surface area contributed by atoms with Crippen LogP contribution in [0, 0.1) is 6.92 Å². The van der Waals surface area contributed by atoms with Crippen molar-refractivity contribution < 1.29 is 4.74 Å².